The molecule has 0 aliphatic carbocycles. The zero-order valence-electron chi connectivity index (χ0n) is 15.0. The maximum absolute atomic E-state index is 6.06. The fourth-order valence-electron chi connectivity index (χ4n) is 4.23. The van der Waals surface area contributed by atoms with Crippen molar-refractivity contribution in [2.24, 2.45) is 5.41 Å². The van der Waals surface area contributed by atoms with E-state index in [0.717, 1.165) is 57.2 Å². The second kappa shape index (κ2) is 7.72. The molecule has 3 rings (SSSR count). The predicted octanol–water partition coefficient (Wildman–Crippen LogP) is 2.72. The number of methoxy groups -OCH3 is 3. The lowest BCUT2D eigenvalue weighted by Gasteiger charge is -2.50. The van der Waals surface area contributed by atoms with Gasteiger partial charge in [-0.1, -0.05) is 0 Å². The zero-order chi connectivity index (χ0) is 17.0. The number of piperidine rings is 1. The highest BCUT2D eigenvalue weighted by Crippen LogP contribution is 2.40. The van der Waals surface area contributed by atoms with Crippen molar-refractivity contribution in [1.29, 1.82) is 0 Å². The van der Waals surface area contributed by atoms with Gasteiger partial charge in [-0.3, -0.25) is 4.90 Å². The molecule has 2 saturated heterocycles. The van der Waals surface area contributed by atoms with Gasteiger partial charge in [0.25, 0.3) is 0 Å². The zero-order valence-corrected chi connectivity index (χ0v) is 15.0. The van der Waals surface area contributed by atoms with Crippen molar-refractivity contribution >= 4 is 0 Å². The molecule has 0 aromatic heterocycles. The largest absolute Gasteiger partial charge is 0.497 e. The average Bonchev–Trinajstić information content (AvgIpc) is 2.61. The quantitative estimate of drug-likeness (QED) is 0.799. The van der Waals surface area contributed by atoms with Crippen molar-refractivity contribution in [1.82, 2.24) is 4.90 Å². The van der Waals surface area contributed by atoms with Gasteiger partial charge in [0.05, 0.1) is 26.9 Å². The lowest BCUT2D eigenvalue weighted by Crippen LogP contribution is -2.56. The molecule has 134 valence electrons. The first kappa shape index (κ1) is 17.5. The minimum absolute atomic E-state index is 0.133. The summed E-state index contributed by atoms with van der Waals surface area (Å²) in [5.74, 6) is 1.68. The van der Waals surface area contributed by atoms with E-state index in [-0.39, 0.29) is 5.41 Å². The third-order valence-corrected chi connectivity index (χ3v) is 5.32. The highest BCUT2D eigenvalue weighted by molar-refractivity contribution is 5.38. The van der Waals surface area contributed by atoms with Crippen LogP contribution in [0.15, 0.2) is 18.2 Å². The molecule has 0 amide bonds. The minimum Gasteiger partial charge on any atom is -0.497 e. The Hall–Kier alpha value is -1.30. The highest BCUT2D eigenvalue weighted by Gasteiger charge is 2.45. The topological polar surface area (TPSA) is 40.2 Å². The molecule has 2 fully saturated rings. The van der Waals surface area contributed by atoms with Gasteiger partial charge in [0.15, 0.2) is 0 Å². The van der Waals surface area contributed by atoms with E-state index in [9.17, 15) is 0 Å². The Morgan fingerprint density at radius 3 is 2.58 bits per heavy atom. The number of fused-ring (bicyclic) bond motifs is 1. The van der Waals surface area contributed by atoms with E-state index < -0.39 is 0 Å². The Kier molecular flexibility index (Phi) is 5.64. The fourth-order valence-corrected chi connectivity index (χ4v) is 4.23. The molecule has 2 heterocycles. The van der Waals surface area contributed by atoms with Crippen molar-refractivity contribution in [3.8, 4) is 11.5 Å². The molecule has 0 saturated carbocycles. The van der Waals surface area contributed by atoms with E-state index in [1.54, 1.807) is 21.3 Å². The maximum Gasteiger partial charge on any atom is 0.122 e. The van der Waals surface area contributed by atoms with Crippen LogP contribution in [0.3, 0.4) is 0 Å². The van der Waals surface area contributed by atoms with Gasteiger partial charge in [-0.05, 0) is 37.0 Å². The van der Waals surface area contributed by atoms with Crippen LogP contribution in [0.1, 0.15) is 24.8 Å². The third-order valence-electron chi connectivity index (χ3n) is 5.32. The summed E-state index contributed by atoms with van der Waals surface area (Å²) in [5.41, 5.74) is 1.35. The van der Waals surface area contributed by atoms with E-state index in [1.807, 2.05) is 6.07 Å². The Labute approximate surface area is 144 Å². The van der Waals surface area contributed by atoms with E-state index >= 15 is 0 Å². The summed E-state index contributed by atoms with van der Waals surface area (Å²) in [5, 5.41) is 0. The Bertz CT molecular complexity index is 524. The van der Waals surface area contributed by atoms with Crippen LogP contribution in [0.4, 0.5) is 0 Å². The van der Waals surface area contributed by atoms with Gasteiger partial charge in [0.1, 0.15) is 11.5 Å². The summed E-state index contributed by atoms with van der Waals surface area (Å²) in [6.07, 6.45) is 3.72. The highest BCUT2D eigenvalue weighted by atomic mass is 16.5. The number of ether oxygens (including phenoxy) is 4. The first-order chi connectivity index (χ1) is 11.7. The molecule has 5 nitrogen and oxygen atoms in total. The molecule has 1 aromatic carbocycles. The fraction of sp³-hybridized carbons (Fsp3) is 0.684. The Morgan fingerprint density at radius 1 is 1.17 bits per heavy atom. The number of rotatable bonds is 6. The molecular weight excluding hydrogens is 306 g/mol. The first-order valence-corrected chi connectivity index (χ1v) is 8.74. The van der Waals surface area contributed by atoms with Crippen LogP contribution in [0, 0.1) is 5.41 Å². The lowest BCUT2D eigenvalue weighted by molar-refractivity contribution is -0.149. The molecule has 5 heteroatoms. The molecule has 0 spiro atoms. The summed E-state index contributed by atoms with van der Waals surface area (Å²) in [6.45, 7) is 4.63. The van der Waals surface area contributed by atoms with Crippen molar-refractivity contribution in [2.75, 3.05) is 47.6 Å². The molecule has 24 heavy (non-hydrogen) atoms. The van der Waals surface area contributed by atoms with E-state index in [1.165, 1.54) is 12.0 Å². The summed E-state index contributed by atoms with van der Waals surface area (Å²) in [7, 11) is 5.18. The van der Waals surface area contributed by atoms with E-state index in [2.05, 4.69) is 17.0 Å². The van der Waals surface area contributed by atoms with Crippen LogP contribution in [-0.4, -0.2) is 58.6 Å². The molecule has 0 N–H and O–H groups in total. The summed E-state index contributed by atoms with van der Waals surface area (Å²) >= 11 is 0. The van der Waals surface area contributed by atoms with Gasteiger partial charge in [-0.2, -0.15) is 0 Å². The molecule has 0 radical (unpaired) electrons. The third kappa shape index (κ3) is 3.68. The van der Waals surface area contributed by atoms with Crippen LogP contribution in [0.2, 0.25) is 0 Å². The van der Waals surface area contributed by atoms with Crippen LogP contribution in [-0.2, 0) is 16.0 Å². The van der Waals surface area contributed by atoms with Gasteiger partial charge in [0, 0.05) is 44.8 Å². The van der Waals surface area contributed by atoms with Crippen LogP contribution < -0.4 is 9.47 Å². The first-order valence-electron chi connectivity index (χ1n) is 8.74. The van der Waals surface area contributed by atoms with Crippen LogP contribution >= 0.6 is 0 Å². The summed E-state index contributed by atoms with van der Waals surface area (Å²) in [4.78, 5) is 2.51. The second-order valence-corrected chi connectivity index (χ2v) is 6.98. The van der Waals surface area contributed by atoms with E-state index in [4.69, 9.17) is 18.9 Å². The van der Waals surface area contributed by atoms with Gasteiger partial charge >= 0.3 is 0 Å². The van der Waals surface area contributed by atoms with Gasteiger partial charge in [0.2, 0.25) is 0 Å². The Balaban J connectivity index is 1.74. The van der Waals surface area contributed by atoms with Crippen molar-refractivity contribution in [2.45, 2.75) is 31.9 Å². The van der Waals surface area contributed by atoms with Crippen LogP contribution in [0.25, 0.3) is 0 Å². The molecule has 2 atom stereocenters. The molecular formula is C19H29NO4. The van der Waals surface area contributed by atoms with Crippen molar-refractivity contribution < 1.29 is 18.9 Å². The number of nitrogens with zero attached hydrogens (tertiary/aromatic N) is 1. The van der Waals surface area contributed by atoms with Gasteiger partial charge < -0.3 is 18.9 Å². The summed E-state index contributed by atoms with van der Waals surface area (Å²) < 4.78 is 22.4. The van der Waals surface area contributed by atoms with Gasteiger partial charge in [-0.15, -0.1) is 0 Å². The van der Waals surface area contributed by atoms with Gasteiger partial charge in [-0.25, -0.2) is 0 Å². The number of hydrogen-bond donors (Lipinski definition) is 0. The normalized spacial score (nSPS) is 27.5. The number of benzene rings is 1. The number of hydrogen-bond acceptors (Lipinski definition) is 5. The number of likely N-dealkylation sites (tertiary alicyclic amines) is 1. The average molecular weight is 335 g/mol. The smallest absolute Gasteiger partial charge is 0.122 e. The lowest BCUT2D eigenvalue weighted by atomic mass is 9.73. The SMILES string of the molecule is COC[C@@]12CCCO[C@@H]1CCN(Cc1cc(OC)cc(OC)c1)C2. The monoisotopic (exact) mass is 335 g/mol. The second-order valence-electron chi connectivity index (χ2n) is 6.98. The molecule has 2 aliphatic heterocycles. The maximum atomic E-state index is 6.06. The Morgan fingerprint density at radius 2 is 1.92 bits per heavy atom. The van der Waals surface area contributed by atoms with Crippen LogP contribution in [0.5, 0.6) is 11.5 Å². The molecule has 2 aliphatic rings. The predicted molar refractivity (Wildman–Crippen MR) is 92.7 cm³/mol. The molecule has 0 bridgehead atoms. The molecule has 1 aromatic rings. The minimum atomic E-state index is 0.133. The standard InChI is InChI=1S/C19H29NO4/c1-21-14-19-6-4-8-24-18(19)5-7-20(13-19)12-15-9-16(22-2)11-17(10-15)23-3/h9-11,18H,4-8,12-14H2,1-3H3/t18-,19+/m1/s1. The summed E-state index contributed by atoms with van der Waals surface area (Å²) in [6, 6.07) is 6.10. The molecule has 0 unspecified atom stereocenters. The van der Waals surface area contributed by atoms with Crippen molar-refractivity contribution in [3.05, 3.63) is 23.8 Å². The van der Waals surface area contributed by atoms with E-state index in [0.29, 0.717) is 6.10 Å². The van der Waals surface area contributed by atoms with Crippen molar-refractivity contribution in [3.63, 3.8) is 0 Å².